The summed E-state index contributed by atoms with van der Waals surface area (Å²) in [5.41, 5.74) is 1.54. The standard InChI is InChI=1S/C26H22N2O4/c1-2-16-31-24-11-7-6-8-20(24)17-21(18-27)26(30)32-23-14-12-19(13-15-23)25(29)28-22-9-4-3-5-10-22/h3-15,17H,2,16H2,1H3,(H,28,29)/b21-17+. The van der Waals surface area contributed by atoms with Crippen molar-refractivity contribution in [1.82, 2.24) is 0 Å². The van der Waals surface area contributed by atoms with Crippen molar-refractivity contribution in [3.05, 3.63) is 95.6 Å². The van der Waals surface area contributed by atoms with Crippen LogP contribution in [0.4, 0.5) is 5.69 Å². The number of nitriles is 1. The molecule has 6 heteroatoms. The van der Waals surface area contributed by atoms with Crippen molar-refractivity contribution < 1.29 is 19.1 Å². The van der Waals surface area contributed by atoms with Crippen LogP contribution in [0.2, 0.25) is 0 Å². The van der Waals surface area contributed by atoms with E-state index in [0.29, 0.717) is 29.2 Å². The van der Waals surface area contributed by atoms with Gasteiger partial charge in [0.2, 0.25) is 0 Å². The summed E-state index contributed by atoms with van der Waals surface area (Å²) in [5, 5.41) is 12.2. The molecular weight excluding hydrogens is 404 g/mol. The average molecular weight is 426 g/mol. The Balaban J connectivity index is 1.69. The van der Waals surface area contributed by atoms with Gasteiger partial charge in [-0.1, -0.05) is 43.3 Å². The Morgan fingerprint density at radius 1 is 0.969 bits per heavy atom. The summed E-state index contributed by atoms with van der Waals surface area (Å²) in [6.45, 7) is 2.52. The van der Waals surface area contributed by atoms with Crippen LogP contribution < -0.4 is 14.8 Å². The molecule has 3 aromatic carbocycles. The van der Waals surface area contributed by atoms with Gasteiger partial charge in [0.15, 0.2) is 0 Å². The summed E-state index contributed by atoms with van der Waals surface area (Å²) < 4.78 is 11.0. The van der Waals surface area contributed by atoms with Crippen molar-refractivity contribution in [3.8, 4) is 17.6 Å². The lowest BCUT2D eigenvalue weighted by Crippen LogP contribution is -2.12. The first-order valence-corrected chi connectivity index (χ1v) is 10.1. The fraction of sp³-hybridized carbons (Fsp3) is 0.115. The van der Waals surface area contributed by atoms with Crippen molar-refractivity contribution in [2.45, 2.75) is 13.3 Å². The number of hydrogen-bond donors (Lipinski definition) is 1. The normalized spacial score (nSPS) is 10.7. The SMILES string of the molecule is CCCOc1ccccc1/C=C(\C#N)C(=O)Oc1ccc(C(=O)Nc2ccccc2)cc1. The number of nitrogens with zero attached hydrogens (tertiary/aromatic N) is 1. The minimum Gasteiger partial charge on any atom is -0.493 e. The van der Waals surface area contributed by atoms with Gasteiger partial charge in [0.25, 0.3) is 5.91 Å². The molecule has 0 aliphatic carbocycles. The van der Waals surface area contributed by atoms with Gasteiger partial charge in [0.1, 0.15) is 23.1 Å². The molecule has 0 saturated heterocycles. The Hall–Kier alpha value is -4.37. The van der Waals surface area contributed by atoms with E-state index in [1.807, 2.05) is 37.3 Å². The highest BCUT2D eigenvalue weighted by Crippen LogP contribution is 2.22. The van der Waals surface area contributed by atoms with Crippen LogP contribution in [0.3, 0.4) is 0 Å². The van der Waals surface area contributed by atoms with Crippen LogP contribution in [-0.2, 0) is 4.79 Å². The van der Waals surface area contributed by atoms with E-state index >= 15 is 0 Å². The molecule has 6 nitrogen and oxygen atoms in total. The number of carbonyl (C=O) groups excluding carboxylic acids is 2. The number of esters is 1. The highest BCUT2D eigenvalue weighted by atomic mass is 16.5. The Labute approximate surface area is 186 Å². The topological polar surface area (TPSA) is 88.4 Å². The van der Waals surface area contributed by atoms with Crippen LogP contribution >= 0.6 is 0 Å². The van der Waals surface area contributed by atoms with Crippen molar-refractivity contribution in [2.75, 3.05) is 11.9 Å². The fourth-order valence-electron chi connectivity index (χ4n) is 2.80. The van der Waals surface area contributed by atoms with Crippen molar-refractivity contribution in [2.24, 2.45) is 0 Å². The van der Waals surface area contributed by atoms with Gasteiger partial charge in [-0.05, 0) is 55.0 Å². The molecule has 0 bridgehead atoms. The zero-order chi connectivity index (χ0) is 22.8. The zero-order valence-corrected chi connectivity index (χ0v) is 17.6. The Morgan fingerprint density at radius 3 is 2.34 bits per heavy atom. The minimum atomic E-state index is -0.792. The number of anilines is 1. The first-order valence-electron chi connectivity index (χ1n) is 10.1. The molecule has 1 amide bonds. The third kappa shape index (κ3) is 6.07. The molecule has 3 rings (SSSR count). The van der Waals surface area contributed by atoms with Crippen molar-refractivity contribution >= 4 is 23.6 Å². The number of nitrogens with one attached hydrogen (secondary N) is 1. The molecule has 3 aromatic rings. The number of carbonyl (C=O) groups is 2. The maximum Gasteiger partial charge on any atom is 0.354 e. The van der Waals surface area contributed by atoms with Gasteiger partial charge in [-0.25, -0.2) is 4.79 Å². The number of rotatable bonds is 8. The summed E-state index contributed by atoms with van der Waals surface area (Å²) in [4.78, 5) is 24.8. The maximum absolute atomic E-state index is 12.5. The largest absolute Gasteiger partial charge is 0.493 e. The van der Waals surface area contributed by atoms with Crippen LogP contribution in [0.15, 0.2) is 84.4 Å². The van der Waals surface area contributed by atoms with E-state index in [4.69, 9.17) is 9.47 Å². The van der Waals surface area contributed by atoms with Gasteiger partial charge in [-0.3, -0.25) is 4.79 Å². The van der Waals surface area contributed by atoms with Crippen LogP contribution in [0.25, 0.3) is 6.08 Å². The molecule has 0 aliphatic heterocycles. The molecular formula is C26H22N2O4. The molecule has 0 aromatic heterocycles. The predicted molar refractivity (Wildman–Crippen MR) is 122 cm³/mol. The molecule has 32 heavy (non-hydrogen) atoms. The summed E-state index contributed by atoms with van der Waals surface area (Å²) in [6, 6.07) is 24.2. The summed E-state index contributed by atoms with van der Waals surface area (Å²) in [6.07, 6.45) is 2.28. The van der Waals surface area contributed by atoms with Gasteiger partial charge < -0.3 is 14.8 Å². The second kappa shape index (κ2) is 11.1. The number of benzene rings is 3. The van der Waals surface area contributed by atoms with E-state index in [2.05, 4.69) is 5.32 Å². The molecule has 0 spiro atoms. The van der Waals surface area contributed by atoms with E-state index in [1.54, 1.807) is 42.5 Å². The van der Waals surface area contributed by atoms with Gasteiger partial charge >= 0.3 is 5.97 Å². The summed E-state index contributed by atoms with van der Waals surface area (Å²) >= 11 is 0. The molecule has 0 heterocycles. The fourth-order valence-corrected chi connectivity index (χ4v) is 2.80. The highest BCUT2D eigenvalue weighted by molar-refractivity contribution is 6.04. The smallest absolute Gasteiger partial charge is 0.354 e. The molecule has 0 atom stereocenters. The van der Waals surface area contributed by atoms with Crippen LogP contribution in [0.5, 0.6) is 11.5 Å². The van der Waals surface area contributed by atoms with Crippen LogP contribution in [0, 0.1) is 11.3 Å². The van der Waals surface area contributed by atoms with Crippen molar-refractivity contribution in [3.63, 3.8) is 0 Å². The monoisotopic (exact) mass is 426 g/mol. The van der Waals surface area contributed by atoms with E-state index < -0.39 is 5.97 Å². The maximum atomic E-state index is 12.5. The number of ether oxygens (including phenoxy) is 2. The summed E-state index contributed by atoms with van der Waals surface area (Å²) in [7, 11) is 0. The molecule has 160 valence electrons. The molecule has 0 radical (unpaired) electrons. The second-order valence-electron chi connectivity index (χ2n) is 6.79. The first kappa shape index (κ1) is 22.3. The first-order chi connectivity index (χ1) is 15.6. The van der Waals surface area contributed by atoms with Gasteiger partial charge in [0.05, 0.1) is 6.61 Å². The third-order valence-electron chi connectivity index (χ3n) is 4.38. The Kier molecular flexibility index (Phi) is 7.77. The van der Waals surface area contributed by atoms with Gasteiger partial charge in [-0.2, -0.15) is 5.26 Å². The number of hydrogen-bond acceptors (Lipinski definition) is 5. The Morgan fingerprint density at radius 2 is 1.66 bits per heavy atom. The quantitative estimate of drug-likeness (QED) is 0.230. The number of amides is 1. The predicted octanol–water partition coefficient (Wildman–Crippen LogP) is 5.24. The lowest BCUT2D eigenvalue weighted by Gasteiger charge is -2.09. The zero-order valence-electron chi connectivity index (χ0n) is 17.6. The van der Waals surface area contributed by atoms with Crippen molar-refractivity contribution in [1.29, 1.82) is 5.26 Å². The molecule has 0 unspecified atom stereocenters. The van der Waals surface area contributed by atoms with Gasteiger partial charge in [0, 0.05) is 16.8 Å². The van der Waals surface area contributed by atoms with Gasteiger partial charge in [-0.15, -0.1) is 0 Å². The second-order valence-corrected chi connectivity index (χ2v) is 6.79. The molecule has 1 N–H and O–H groups in total. The number of para-hydroxylation sites is 2. The lowest BCUT2D eigenvalue weighted by atomic mass is 10.1. The molecule has 0 saturated carbocycles. The third-order valence-corrected chi connectivity index (χ3v) is 4.38. The lowest BCUT2D eigenvalue weighted by molar-refractivity contribution is -0.129. The van der Waals surface area contributed by atoms with E-state index in [9.17, 15) is 14.9 Å². The average Bonchev–Trinajstić information content (AvgIpc) is 2.82. The van der Waals surface area contributed by atoms with Crippen LogP contribution in [-0.4, -0.2) is 18.5 Å². The molecule has 0 aliphatic rings. The minimum absolute atomic E-state index is 0.163. The molecule has 0 fully saturated rings. The summed E-state index contributed by atoms with van der Waals surface area (Å²) in [5.74, 6) is -0.263. The van der Waals surface area contributed by atoms with E-state index in [-0.39, 0.29) is 17.2 Å². The van der Waals surface area contributed by atoms with E-state index in [0.717, 1.165) is 6.42 Å². The Bertz CT molecular complexity index is 1150. The van der Waals surface area contributed by atoms with E-state index in [1.165, 1.54) is 18.2 Å². The van der Waals surface area contributed by atoms with Crippen LogP contribution in [0.1, 0.15) is 29.3 Å². The highest BCUT2D eigenvalue weighted by Gasteiger charge is 2.14.